The van der Waals surface area contributed by atoms with Crippen molar-refractivity contribution in [3.05, 3.63) is 24.3 Å². The Labute approximate surface area is 68.8 Å². The highest BCUT2D eigenvalue weighted by Crippen LogP contribution is 1.95. The monoisotopic (exact) mass is 152 g/mol. The molecule has 0 rings (SSSR count). The summed E-state index contributed by atoms with van der Waals surface area (Å²) in [6, 6.07) is 0. The number of rotatable bonds is 6. The van der Waals surface area contributed by atoms with Gasteiger partial charge in [0.1, 0.15) is 6.29 Å². The van der Waals surface area contributed by atoms with E-state index < -0.39 is 0 Å². The molecule has 0 atom stereocenters. The minimum absolute atomic E-state index is 0.815. The van der Waals surface area contributed by atoms with Gasteiger partial charge in [-0.25, -0.2) is 0 Å². The zero-order valence-electron chi connectivity index (χ0n) is 7.12. The zero-order valence-corrected chi connectivity index (χ0v) is 7.12. The highest BCUT2D eigenvalue weighted by molar-refractivity contribution is 5.64. The third-order valence-corrected chi connectivity index (χ3v) is 1.34. The van der Waals surface area contributed by atoms with Gasteiger partial charge in [-0.3, -0.25) is 4.79 Å². The van der Waals surface area contributed by atoms with Crippen LogP contribution in [0, 0.1) is 0 Å². The maximum Gasteiger partial charge on any atom is 0.142 e. The number of hydrogen-bond acceptors (Lipinski definition) is 1. The van der Waals surface area contributed by atoms with Gasteiger partial charge < -0.3 is 0 Å². The molecule has 0 aromatic carbocycles. The van der Waals surface area contributed by atoms with Gasteiger partial charge in [0.25, 0.3) is 0 Å². The van der Waals surface area contributed by atoms with Crippen LogP contribution in [0.1, 0.15) is 32.6 Å². The first-order valence-electron chi connectivity index (χ1n) is 4.17. The summed E-state index contributed by atoms with van der Waals surface area (Å²) >= 11 is 0. The Morgan fingerprint density at radius 1 is 1.00 bits per heavy atom. The average molecular weight is 152 g/mol. The standard InChI is InChI=1S/C10H16O/c1-2-3-4-5-6-7-8-9-10-11/h4-5,8-10H,2-3,6-7H2,1H3/b5-4+,9-8-. The van der Waals surface area contributed by atoms with Gasteiger partial charge >= 0.3 is 0 Å². The van der Waals surface area contributed by atoms with E-state index in [4.69, 9.17) is 0 Å². The molecule has 0 bridgehead atoms. The largest absolute Gasteiger partial charge is 0.299 e. The summed E-state index contributed by atoms with van der Waals surface area (Å²) in [4.78, 5) is 9.84. The van der Waals surface area contributed by atoms with E-state index in [1.165, 1.54) is 6.42 Å². The van der Waals surface area contributed by atoms with Crippen molar-refractivity contribution in [2.24, 2.45) is 0 Å². The fourth-order valence-corrected chi connectivity index (χ4v) is 0.747. The average Bonchev–Trinajstić information content (AvgIpc) is 2.03. The molecular weight excluding hydrogens is 136 g/mol. The third-order valence-electron chi connectivity index (χ3n) is 1.34. The molecule has 11 heavy (non-hydrogen) atoms. The van der Waals surface area contributed by atoms with Gasteiger partial charge in [-0.15, -0.1) is 0 Å². The summed E-state index contributed by atoms with van der Waals surface area (Å²) in [6.07, 6.45) is 13.0. The SMILES string of the molecule is CCC/C=C/CC/C=C\C=O. The Kier molecular flexibility index (Phi) is 8.44. The first-order valence-corrected chi connectivity index (χ1v) is 4.17. The maximum atomic E-state index is 9.84. The molecule has 0 aliphatic rings. The van der Waals surface area contributed by atoms with E-state index in [0.717, 1.165) is 25.5 Å². The number of carbonyl (C=O) groups is 1. The molecule has 0 saturated carbocycles. The van der Waals surface area contributed by atoms with Crippen LogP contribution < -0.4 is 0 Å². The smallest absolute Gasteiger partial charge is 0.142 e. The predicted molar refractivity (Wildman–Crippen MR) is 48.5 cm³/mol. The molecule has 0 N–H and O–H groups in total. The highest BCUT2D eigenvalue weighted by Gasteiger charge is 1.75. The van der Waals surface area contributed by atoms with E-state index in [0.29, 0.717) is 0 Å². The van der Waals surface area contributed by atoms with Gasteiger partial charge in [-0.05, 0) is 25.3 Å². The van der Waals surface area contributed by atoms with Crippen LogP contribution in [0.2, 0.25) is 0 Å². The minimum Gasteiger partial charge on any atom is -0.299 e. The molecule has 62 valence electrons. The Morgan fingerprint density at radius 2 is 1.64 bits per heavy atom. The second kappa shape index (κ2) is 9.15. The van der Waals surface area contributed by atoms with Gasteiger partial charge in [0.05, 0.1) is 0 Å². The van der Waals surface area contributed by atoms with Crippen molar-refractivity contribution in [2.75, 3.05) is 0 Å². The second-order valence-electron chi connectivity index (χ2n) is 2.40. The molecule has 0 unspecified atom stereocenters. The lowest BCUT2D eigenvalue weighted by Gasteiger charge is -1.85. The van der Waals surface area contributed by atoms with E-state index in [2.05, 4.69) is 19.1 Å². The Morgan fingerprint density at radius 3 is 2.27 bits per heavy atom. The molecule has 0 amide bonds. The molecule has 0 aromatic heterocycles. The molecule has 0 radical (unpaired) electrons. The van der Waals surface area contributed by atoms with Crippen molar-refractivity contribution in [1.29, 1.82) is 0 Å². The maximum absolute atomic E-state index is 9.84. The van der Waals surface area contributed by atoms with Crippen molar-refractivity contribution in [1.82, 2.24) is 0 Å². The molecule has 0 saturated heterocycles. The van der Waals surface area contributed by atoms with E-state index in [1.807, 2.05) is 6.08 Å². The first-order chi connectivity index (χ1) is 5.41. The van der Waals surface area contributed by atoms with E-state index in [1.54, 1.807) is 6.08 Å². The third kappa shape index (κ3) is 9.15. The van der Waals surface area contributed by atoms with E-state index in [9.17, 15) is 4.79 Å². The van der Waals surface area contributed by atoms with Crippen molar-refractivity contribution in [3.8, 4) is 0 Å². The van der Waals surface area contributed by atoms with E-state index in [-0.39, 0.29) is 0 Å². The van der Waals surface area contributed by atoms with Crippen molar-refractivity contribution in [2.45, 2.75) is 32.6 Å². The predicted octanol–water partition coefficient (Wildman–Crippen LogP) is 2.88. The second-order valence-corrected chi connectivity index (χ2v) is 2.40. The van der Waals surface area contributed by atoms with Crippen molar-refractivity contribution in [3.63, 3.8) is 0 Å². The molecule has 0 aromatic rings. The normalized spacial score (nSPS) is 11.4. The summed E-state index contributed by atoms with van der Waals surface area (Å²) in [5, 5.41) is 0. The fraction of sp³-hybridized carbons (Fsp3) is 0.500. The first kappa shape index (κ1) is 10.2. The summed E-state index contributed by atoms with van der Waals surface area (Å²) in [5.41, 5.74) is 0. The van der Waals surface area contributed by atoms with Crippen LogP contribution in [-0.4, -0.2) is 6.29 Å². The van der Waals surface area contributed by atoms with Crippen molar-refractivity contribution >= 4 is 6.29 Å². The number of carbonyl (C=O) groups excluding carboxylic acids is 1. The molecule has 0 aliphatic carbocycles. The van der Waals surface area contributed by atoms with Crippen LogP contribution in [0.5, 0.6) is 0 Å². The van der Waals surface area contributed by atoms with Crippen LogP contribution in [0.15, 0.2) is 24.3 Å². The quantitative estimate of drug-likeness (QED) is 0.247. The fourth-order valence-electron chi connectivity index (χ4n) is 0.747. The molecular formula is C10H16O. The van der Waals surface area contributed by atoms with Gasteiger partial charge in [0.2, 0.25) is 0 Å². The Bertz CT molecular complexity index is 134. The lowest BCUT2D eigenvalue weighted by molar-refractivity contribution is -0.104. The van der Waals surface area contributed by atoms with Crippen LogP contribution in [0.3, 0.4) is 0 Å². The van der Waals surface area contributed by atoms with Crippen LogP contribution in [-0.2, 0) is 4.79 Å². The molecule has 1 heteroatoms. The number of aldehydes is 1. The lowest BCUT2D eigenvalue weighted by Crippen LogP contribution is -1.66. The van der Waals surface area contributed by atoms with Gasteiger partial charge in [-0.2, -0.15) is 0 Å². The number of allylic oxidation sites excluding steroid dienone is 4. The molecule has 0 spiro atoms. The molecule has 0 heterocycles. The topological polar surface area (TPSA) is 17.1 Å². The summed E-state index contributed by atoms with van der Waals surface area (Å²) in [5.74, 6) is 0. The van der Waals surface area contributed by atoms with Crippen LogP contribution in [0.25, 0.3) is 0 Å². The van der Waals surface area contributed by atoms with Crippen molar-refractivity contribution < 1.29 is 4.79 Å². The zero-order chi connectivity index (χ0) is 8.36. The summed E-state index contributed by atoms with van der Waals surface area (Å²) in [6.45, 7) is 2.16. The number of unbranched alkanes of at least 4 members (excludes halogenated alkanes) is 2. The van der Waals surface area contributed by atoms with Crippen LogP contribution in [0.4, 0.5) is 0 Å². The Hall–Kier alpha value is -0.850. The highest BCUT2D eigenvalue weighted by atomic mass is 16.1. The lowest BCUT2D eigenvalue weighted by atomic mass is 10.2. The Balaban J connectivity index is 3.12. The molecule has 0 aliphatic heterocycles. The van der Waals surface area contributed by atoms with E-state index >= 15 is 0 Å². The molecule has 0 fully saturated rings. The minimum atomic E-state index is 0.815. The molecule has 1 nitrogen and oxygen atoms in total. The number of hydrogen-bond donors (Lipinski definition) is 0. The summed E-state index contributed by atoms with van der Waals surface area (Å²) in [7, 11) is 0. The van der Waals surface area contributed by atoms with Gasteiger partial charge in [0.15, 0.2) is 0 Å². The van der Waals surface area contributed by atoms with Gasteiger partial charge in [-0.1, -0.05) is 31.6 Å². The van der Waals surface area contributed by atoms with Crippen LogP contribution >= 0.6 is 0 Å². The van der Waals surface area contributed by atoms with Gasteiger partial charge in [0, 0.05) is 0 Å². The summed E-state index contributed by atoms with van der Waals surface area (Å²) < 4.78 is 0.